The van der Waals surface area contributed by atoms with E-state index in [1.54, 1.807) is 37.4 Å². The first-order chi connectivity index (χ1) is 12.2. The van der Waals surface area contributed by atoms with Gasteiger partial charge in [0, 0.05) is 12.7 Å². The molecule has 8 heteroatoms. The number of amides is 2. The molecule has 0 spiro atoms. The Labute approximate surface area is 152 Å². The van der Waals surface area contributed by atoms with Crippen molar-refractivity contribution in [1.82, 2.24) is 0 Å². The molecule has 134 valence electrons. The molecule has 2 aromatic rings. The van der Waals surface area contributed by atoms with Gasteiger partial charge in [-0.2, -0.15) is 13.2 Å². The molecule has 4 nitrogen and oxygen atoms in total. The number of imide groups is 1. The van der Waals surface area contributed by atoms with E-state index < -0.39 is 23.6 Å². The van der Waals surface area contributed by atoms with Crippen molar-refractivity contribution in [2.75, 3.05) is 16.8 Å². The average Bonchev–Trinajstić information content (AvgIpc) is 2.84. The summed E-state index contributed by atoms with van der Waals surface area (Å²) in [7, 11) is 1.55. The third-order valence-corrected chi connectivity index (χ3v) is 4.26. The summed E-state index contributed by atoms with van der Waals surface area (Å²) in [5, 5.41) is -0.348. The number of hydrogen-bond acceptors (Lipinski definition) is 3. The first-order valence-corrected chi connectivity index (χ1v) is 7.84. The number of likely N-dealkylation sites (N-methyl/N-ethyl adjacent to an activating group) is 1. The van der Waals surface area contributed by atoms with E-state index in [1.165, 1.54) is 11.0 Å². The lowest BCUT2D eigenvalue weighted by Gasteiger charge is -2.21. The van der Waals surface area contributed by atoms with Crippen LogP contribution in [0.25, 0.3) is 0 Å². The first-order valence-electron chi connectivity index (χ1n) is 7.46. The first kappa shape index (κ1) is 18.0. The summed E-state index contributed by atoms with van der Waals surface area (Å²) in [5.74, 6) is -1.65. The fourth-order valence-electron chi connectivity index (χ4n) is 2.62. The molecular weight excluding hydrogens is 369 g/mol. The van der Waals surface area contributed by atoms with Gasteiger partial charge in [0.25, 0.3) is 11.8 Å². The minimum Gasteiger partial charge on any atom is -0.339 e. The summed E-state index contributed by atoms with van der Waals surface area (Å²) in [4.78, 5) is 27.2. The molecular formula is C18H12ClF3N2O2. The Morgan fingerprint density at radius 2 is 1.62 bits per heavy atom. The van der Waals surface area contributed by atoms with Gasteiger partial charge in [-0.15, -0.1) is 0 Å². The summed E-state index contributed by atoms with van der Waals surface area (Å²) >= 11 is 6.05. The quantitative estimate of drug-likeness (QED) is 0.750. The molecule has 0 unspecified atom stereocenters. The Bertz CT molecular complexity index is 910. The number of carbonyl (C=O) groups excluding carboxylic acids is 2. The van der Waals surface area contributed by atoms with Crippen molar-refractivity contribution in [2.24, 2.45) is 0 Å². The van der Waals surface area contributed by atoms with Crippen LogP contribution >= 0.6 is 11.6 Å². The Morgan fingerprint density at radius 1 is 0.962 bits per heavy atom. The van der Waals surface area contributed by atoms with Crippen molar-refractivity contribution < 1.29 is 22.8 Å². The molecule has 1 heterocycles. The van der Waals surface area contributed by atoms with Gasteiger partial charge in [-0.1, -0.05) is 35.9 Å². The third kappa shape index (κ3) is 3.06. The highest BCUT2D eigenvalue weighted by atomic mass is 35.5. The molecule has 0 atom stereocenters. The second kappa shape index (κ2) is 6.49. The minimum absolute atomic E-state index is 0.0970. The van der Waals surface area contributed by atoms with Gasteiger partial charge in [0.2, 0.25) is 0 Å². The standard InChI is InChI=1S/C18H12ClF3N2O2/c1-23(12-7-3-2-4-8-12)15-14(19)16(25)24(17(15)26)13-9-5-6-11(10-13)18(20,21)22/h2-10H,1H3. The molecule has 26 heavy (non-hydrogen) atoms. The summed E-state index contributed by atoms with van der Waals surface area (Å²) in [5.41, 5.74) is -0.644. The highest BCUT2D eigenvalue weighted by Gasteiger charge is 2.41. The van der Waals surface area contributed by atoms with Gasteiger partial charge in [-0.25, -0.2) is 4.90 Å². The molecule has 0 saturated heterocycles. The second-order valence-corrected chi connectivity index (χ2v) is 5.93. The van der Waals surface area contributed by atoms with E-state index in [1.807, 2.05) is 0 Å². The molecule has 0 fully saturated rings. The Balaban J connectivity index is 1.99. The van der Waals surface area contributed by atoms with E-state index in [0.29, 0.717) is 10.6 Å². The lowest BCUT2D eigenvalue weighted by Crippen LogP contribution is -2.34. The summed E-state index contributed by atoms with van der Waals surface area (Å²) in [6, 6.07) is 12.7. The fraction of sp³-hybridized carbons (Fsp3) is 0.111. The van der Waals surface area contributed by atoms with Crippen molar-refractivity contribution in [2.45, 2.75) is 6.18 Å². The molecule has 3 rings (SSSR count). The Hall–Kier alpha value is -2.80. The van der Waals surface area contributed by atoms with Crippen LogP contribution in [0.1, 0.15) is 5.56 Å². The number of carbonyl (C=O) groups is 2. The van der Waals surface area contributed by atoms with Crippen LogP contribution in [0.5, 0.6) is 0 Å². The molecule has 1 aliphatic rings. The number of para-hydroxylation sites is 1. The summed E-state index contributed by atoms with van der Waals surface area (Å²) in [6.45, 7) is 0. The number of alkyl halides is 3. The van der Waals surface area contributed by atoms with E-state index >= 15 is 0 Å². The average molecular weight is 381 g/mol. The van der Waals surface area contributed by atoms with E-state index in [9.17, 15) is 22.8 Å². The van der Waals surface area contributed by atoms with Gasteiger partial charge in [0.15, 0.2) is 0 Å². The third-order valence-electron chi connectivity index (χ3n) is 3.92. The molecule has 0 N–H and O–H groups in total. The van der Waals surface area contributed by atoms with Gasteiger partial charge in [0.05, 0.1) is 11.3 Å². The predicted molar refractivity (Wildman–Crippen MR) is 91.7 cm³/mol. The normalized spacial score (nSPS) is 15.0. The maximum Gasteiger partial charge on any atom is 0.416 e. The molecule has 0 radical (unpaired) electrons. The van der Waals surface area contributed by atoms with Gasteiger partial charge in [-0.3, -0.25) is 9.59 Å². The van der Waals surface area contributed by atoms with Crippen LogP contribution in [-0.2, 0) is 15.8 Å². The highest BCUT2D eigenvalue weighted by Crippen LogP contribution is 2.36. The summed E-state index contributed by atoms with van der Waals surface area (Å²) < 4.78 is 38.8. The monoisotopic (exact) mass is 380 g/mol. The molecule has 0 aliphatic carbocycles. The maximum absolute atomic E-state index is 12.9. The maximum atomic E-state index is 12.9. The van der Waals surface area contributed by atoms with Gasteiger partial charge >= 0.3 is 6.18 Å². The van der Waals surface area contributed by atoms with Crippen molar-refractivity contribution in [3.8, 4) is 0 Å². The van der Waals surface area contributed by atoms with Gasteiger partial charge < -0.3 is 4.90 Å². The fourth-order valence-corrected chi connectivity index (χ4v) is 2.91. The van der Waals surface area contributed by atoms with Crippen LogP contribution in [0, 0.1) is 0 Å². The SMILES string of the molecule is CN(C1=C(Cl)C(=O)N(c2cccc(C(F)(F)F)c2)C1=O)c1ccccc1. The van der Waals surface area contributed by atoms with Crippen LogP contribution in [-0.4, -0.2) is 18.9 Å². The topological polar surface area (TPSA) is 40.6 Å². The van der Waals surface area contributed by atoms with Crippen LogP contribution in [0.2, 0.25) is 0 Å². The zero-order chi connectivity index (χ0) is 19.1. The minimum atomic E-state index is -4.59. The smallest absolute Gasteiger partial charge is 0.339 e. The molecule has 0 saturated carbocycles. The molecule has 2 aromatic carbocycles. The van der Waals surface area contributed by atoms with Crippen molar-refractivity contribution in [3.63, 3.8) is 0 Å². The molecule has 1 aliphatic heterocycles. The highest BCUT2D eigenvalue weighted by molar-refractivity contribution is 6.53. The van der Waals surface area contributed by atoms with E-state index in [-0.39, 0.29) is 16.4 Å². The lowest BCUT2D eigenvalue weighted by molar-refractivity contribution is -0.137. The molecule has 0 aromatic heterocycles. The number of anilines is 2. The van der Waals surface area contributed by atoms with Crippen LogP contribution in [0.15, 0.2) is 65.3 Å². The number of benzene rings is 2. The van der Waals surface area contributed by atoms with Crippen molar-refractivity contribution in [3.05, 3.63) is 70.9 Å². The van der Waals surface area contributed by atoms with Crippen LogP contribution < -0.4 is 9.80 Å². The zero-order valence-electron chi connectivity index (χ0n) is 13.4. The molecule has 0 bridgehead atoms. The van der Waals surface area contributed by atoms with Crippen molar-refractivity contribution in [1.29, 1.82) is 0 Å². The van der Waals surface area contributed by atoms with E-state index in [0.717, 1.165) is 18.2 Å². The second-order valence-electron chi connectivity index (χ2n) is 5.55. The lowest BCUT2D eigenvalue weighted by atomic mass is 10.2. The van der Waals surface area contributed by atoms with E-state index in [2.05, 4.69) is 0 Å². The van der Waals surface area contributed by atoms with Crippen LogP contribution in [0.4, 0.5) is 24.5 Å². The number of halogens is 4. The van der Waals surface area contributed by atoms with E-state index in [4.69, 9.17) is 11.6 Å². The van der Waals surface area contributed by atoms with Gasteiger partial charge in [-0.05, 0) is 30.3 Å². The summed E-state index contributed by atoms with van der Waals surface area (Å²) in [6.07, 6.45) is -4.59. The number of hydrogen-bond donors (Lipinski definition) is 0. The number of rotatable bonds is 3. The van der Waals surface area contributed by atoms with Crippen molar-refractivity contribution >= 4 is 34.8 Å². The largest absolute Gasteiger partial charge is 0.416 e. The Morgan fingerprint density at radius 3 is 2.23 bits per heavy atom. The molecule has 2 amide bonds. The zero-order valence-corrected chi connectivity index (χ0v) is 14.2. The Kier molecular flexibility index (Phi) is 4.50. The number of nitrogens with zero attached hydrogens (tertiary/aromatic N) is 2. The van der Waals surface area contributed by atoms with Gasteiger partial charge in [0.1, 0.15) is 10.7 Å². The predicted octanol–water partition coefficient (Wildman–Crippen LogP) is 4.17. The van der Waals surface area contributed by atoms with Crippen LogP contribution in [0.3, 0.4) is 0 Å².